The minimum Gasteiger partial charge on any atom is -0.322 e. The highest BCUT2D eigenvalue weighted by atomic mass is 16.6. The number of non-ortho nitro benzene ring substituents is 1. The molecule has 2 aromatic rings. The lowest BCUT2D eigenvalue weighted by molar-refractivity contribution is -0.394. The fraction of sp³-hybridized carbons (Fsp3) is 0.188. The Morgan fingerprint density at radius 1 is 0.917 bits per heavy atom. The lowest BCUT2D eigenvalue weighted by atomic mass is 10.0. The summed E-state index contributed by atoms with van der Waals surface area (Å²) in [6.45, 7) is 5.12. The van der Waals surface area contributed by atoms with Crippen molar-refractivity contribution in [3.8, 4) is 0 Å². The molecule has 1 amide bonds. The first kappa shape index (κ1) is 17.1. The Morgan fingerprint density at radius 2 is 1.50 bits per heavy atom. The first-order valence-corrected chi connectivity index (χ1v) is 7.02. The summed E-state index contributed by atoms with van der Waals surface area (Å²) in [5.41, 5.74) is 1.40. The molecule has 0 atom stereocenters. The number of carbonyl (C=O) groups excluding carboxylic acids is 1. The van der Waals surface area contributed by atoms with Crippen LogP contribution < -0.4 is 5.32 Å². The number of anilines is 1. The van der Waals surface area contributed by atoms with Gasteiger partial charge in [-0.05, 0) is 44.0 Å². The fourth-order valence-corrected chi connectivity index (χ4v) is 2.46. The van der Waals surface area contributed by atoms with Crippen LogP contribution in [0.15, 0.2) is 30.3 Å². The average molecular weight is 329 g/mol. The minimum atomic E-state index is -0.764. The normalized spacial score (nSPS) is 10.3. The van der Waals surface area contributed by atoms with Crippen molar-refractivity contribution in [3.63, 3.8) is 0 Å². The third kappa shape index (κ3) is 3.54. The summed E-state index contributed by atoms with van der Waals surface area (Å²) in [5, 5.41) is 24.7. The molecule has 1 N–H and O–H groups in total. The SMILES string of the molecule is Cc1cc(C)cc(NC(=O)c2cc([N+](=O)[O-])cc([N+](=O)[O-])c2C)c1. The van der Waals surface area contributed by atoms with E-state index in [1.807, 2.05) is 19.9 Å². The Kier molecular flexibility index (Phi) is 4.59. The van der Waals surface area contributed by atoms with Crippen LogP contribution in [0, 0.1) is 41.0 Å². The molecule has 0 aliphatic heterocycles. The Labute approximate surface area is 137 Å². The van der Waals surface area contributed by atoms with Gasteiger partial charge in [0.2, 0.25) is 0 Å². The van der Waals surface area contributed by atoms with Crippen LogP contribution >= 0.6 is 0 Å². The van der Waals surface area contributed by atoms with E-state index in [1.54, 1.807) is 12.1 Å². The molecule has 0 heterocycles. The zero-order valence-corrected chi connectivity index (χ0v) is 13.3. The highest BCUT2D eigenvalue weighted by Gasteiger charge is 2.24. The minimum absolute atomic E-state index is 0.0764. The molecule has 0 aliphatic carbocycles. The third-order valence-corrected chi connectivity index (χ3v) is 3.50. The number of amides is 1. The number of rotatable bonds is 4. The summed E-state index contributed by atoms with van der Waals surface area (Å²) in [5.74, 6) is -0.635. The second-order valence-corrected chi connectivity index (χ2v) is 5.48. The van der Waals surface area contributed by atoms with Crippen molar-refractivity contribution in [1.29, 1.82) is 0 Å². The molecular weight excluding hydrogens is 314 g/mol. The molecule has 0 spiro atoms. The van der Waals surface area contributed by atoms with Crippen molar-refractivity contribution in [3.05, 3.63) is 72.8 Å². The number of nitro benzene ring substituents is 2. The fourth-order valence-electron chi connectivity index (χ4n) is 2.46. The van der Waals surface area contributed by atoms with Crippen LogP contribution in [-0.4, -0.2) is 15.8 Å². The van der Waals surface area contributed by atoms with Crippen molar-refractivity contribution in [2.45, 2.75) is 20.8 Å². The number of nitrogens with zero attached hydrogens (tertiary/aromatic N) is 2. The predicted molar refractivity (Wildman–Crippen MR) is 88.4 cm³/mol. The smallest absolute Gasteiger partial charge is 0.279 e. The number of hydrogen-bond donors (Lipinski definition) is 1. The van der Waals surface area contributed by atoms with Crippen molar-refractivity contribution in [2.24, 2.45) is 0 Å². The van der Waals surface area contributed by atoms with Gasteiger partial charge in [-0.2, -0.15) is 0 Å². The lowest BCUT2D eigenvalue weighted by Gasteiger charge is -2.10. The van der Waals surface area contributed by atoms with E-state index in [2.05, 4.69) is 5.32 Å². The van der Waals surface area contributed by atoms with E-state index in [0.717, 1.165) is 23.3 Å². The quantitative estimate of drug-likeness (QED) is 0.678. The summed E-state index contributed by atoms with van der Waals surface area (Å²) in [7, 11) is 0. The second-order valence-electron chi connectivity index (χ2n) is 5.48. The van der Waals surface area contributed by atoms with Crippen molar-refractivity contribution in [1.82, 2.24) is 0 Å². The van der Waals surface area contributed by atoms with Gasteiger partial charge >= 0.3 is 0 Å². The molecule has 0 radical (unpaired) electrons. The van der Waals surface area contributed by atoms with Crippen molar-refractivity contribution >= 4 is 23.0 Å². The molecule has 0 saturated carbocycles. The van der Waals surface area contributed by atoms with Crippen LogP contribution in [-0.2, 0) is 0 Å². The molecular formula is C16H15N3O5. The summed E-state index contributed by atoms with van der Waals surface area (Å²) >= 11 is 0. The molecule has 0 bridgehead atoms. The van der Waals surface area contributed by atoms with Crippen LogP contribution in [0.5, 0.6) is 0 Å². The van der Waals surface area contributed by atoms with Gasteiger partial charge < -0.3 is 5.32 Å². The van der Waals surface area contributed by atoms with Crippen LogP contribution in [0.1, 0.15) is 27.0 Å². The maximum Gasteiger partial charge on any atom is 0.279 e. The molecule has 0 aromatic heterocycles. The third-order valence-electron chi connectivity index (χ3n) is 3.50. The van der Waals surface area contributed by atoms with Gasteiger partial charge in [0.15, 0.2) is 0 Å². The van der Waals surface area contributed by atoms with Crippen molar-refractivity contribution < 1.29 is 14.6 Å². The van der Waals surface area contributed by atoms with E-state index in [4.69, 9.17) is 0 Å². The first-order chi connectivity index (χ1) is 11.2. The van der Waals surface area contributed by atoms with Gasteiger partial charge in [-0.25, -0.2) is 0 Å². The molecule has 2 aromatic carbocycles. The van der Waals surface area contributed by atoms with Gasteiger partial charge in [0, 0.05) is 17.3 Å². The summed E-state index contributed by atoms with van der Waals surface area (Å²) in [4.78, 5) is 33.0. The standard InChI is InChI=1S/C16H15N3O5/c1-9-4-10(2)6-12(5-9)17-16(20)14-7-13(18(21)22)8-15(11(14)3)19(23)24/h4-8H,1-3H3,(H,17,20). The van der Waals surface area contributed by atoms with Crippen LogP contribution in [0.25, 0.3) is 0 Å². The maximum absolute atomic E-state index is 12.5. The highest BCUT2D eigenvalue weighted by molar-refractivity contribution is 6.06. The Morgan fingerprint density at radius 3 is 2.00 bits per heavy atom. The molecule has 0 fully saturated rings. The molecule has 0 aliphatic rings. The molecule has 0 saturated heterocycles. The van der Waals surface area contributed by atoms with Gasteiger partial charge in [0.05, 0.1) is 21.5 Å². The van der Waals surface area contributed by atoms with E-state index < -0.39 is 27.1 Å². The first-order valence-electron chi connectivity index (χ1n) is 7.02. The predicted octanol–water partition coefficient (Wildman–Crippen LogP) is 3.68. The van der Waals surface area contributed by atoms with E-state index in [0.29, 0.717) is 5.69 Å². The summed E-state index contributed by atoms with van der Waals surface area (Å²) in [6.07, 6.45) is 0. The van der Waals surface area contributed by atoms with Gasteiger partial charge in [-0.15, -0.1) is 0 Å². The highest BCUT2D eigenvalue weighted by Crippen LogP contribution is 2.28. The lowest BCUT2D eigenvalue weighted by Crippen LogP contribution is -2.15. The van der Waals surface area contributed by atoms with E-state index in [9.17, 15) is 25.0 Å². The summed E-state index contributed by atoms with van der Waals surface area (Å²) < 4.78 is 0. The number of hydrogen-bond acceptors (Lipinski definition) is 5. The Balaban J connectivity index is 2.48. The molecule has 8 nitrogen and oxygen atoms in total. The van der Waals surface area contributed by atoms with Crippen LogP contribution in [0.2, 0.25) is 0 Å². The second kappa shape index (κ2) is 6.45. The molecule has 0 unspecified atom stereocenters. The van der Waals surface area contributed by atoms with Gasteiger partial charge in [0.1, 0.15) is 0 Å². The Bertz CT molecular complexity index is 841. The number of benzene rings is 2. The number of carbonyl (C=O) groups is 1. The number of aryl methyl sites for hydroxylation is 2. The largest absolute Gasteiger partial charge is 0.322 e. The molecule has 2 rings (SSSR count). The maximum atomic E-state index is 12.5. The molecule has 124 valence electrons. The summed E-state index contributed by atoms with van der Waals surface area (Å²) in [6, 6.07) is 7.31. The van der Waals surface area contributed by atoms with Gasteiger partial charge in [-0.3, -0.25) is 25.0 Å². The van der Waals surface area contributed by atoms with E-state index in [1.165, 1.54) is 6.92 Å². The molecule has 24 heavy (non-hydrogen) atoms. The zero-order chi connectivity index (χ0) is 18.0. The monoisotopic (exact) mass is 329 g/mol. The van der Waals surface area contributed by atoms with Crippen LogP contribution in [0.4, 0.5) is 17.1 Å². The topological polar surface area (TPSA) is 115 Å². The Hall–Kier alpha value is -3.29. The average Bonchev–Trinajstić information content (AvgIpc) is 2.45. The number of nitrogens with one attached hydrogen (secondary N) is 1. The van der Waals surface area contributed by atoms with Gasteiger partial charge in [-0.1, -0.05) is 6.07 Å². The molecule has 8 heteroatoms. The van der Waals surface area contributed by atoms with Crippen molar-refractivity contribution in [2.75, 3.05) is 5.32 Å². The van der Waals surface area contributed by atoms with E-state index in [-0.39, 0.29) is 11.1 Å². The van der Waals surface area contributed by atoms with E-state index >= 15 is 0 Å². The van der Waals surface area contributed by atoms with Crippen LogP contribution in [0.3, 0.4) is 0 Å². The van der Waals surface area contributed by atoms with Gasteiger partial charge in [0.25, 0.3) is 17.3 Å². The number of nitro groups is 2. The zero-order valence-electron chi connectivity index (χ0n) is 13.3.